The largest absolute Gasteiger partial charge is 0.468 e. The molecule has 6 heteroatoms. The molecular weight excluding hydrogens is 250 g/mol. The third-order valence-electron chi connectivity index (χ3n) is 2.33. The van der Waals surface area contributed by atoms with Gasteiger partial charge in [0.25, 0.3) is 0 Å². The van der Waals surface area contributed by atoms with Gasteiger partial charge in [-0.3, -0.25) is 4.79 Å². The lowest BCUT2D eigenvalue weighted by atomic mass is 10.2. The van der Waals surface area contributed by atoms with E-state index in [9.17, 15) is 4.79 Å². The van der Waals surface area contributed by atoms with Gasteiger partial charge < -0.3 is 10.1 Å². The number of carbonyl (C=O) groups excluding carboxylic acids is 1. The van der Waals surface area contributed by atoms with E-state index in [-0.39, 0.29) is 12.0 Å². The van der Waals surface area contributed by atoms with Gasteiger partial charge in [-0.25, -0.2) is 9.97 Å². The number of thioether (sulfide) groups is 1. The van der Waals surface area contributed by atoms with Crippen LogP contribution < -0.4 is 5.32 Å². The van der Waals surface area contributed by atoms with Crippen LogP contribution in [0.5, 0.6) is 0 Å². The molecule has 0 saturated heterocycles. The van der Waals surface area contributed by atoms with Crippen molar-refractivity contribution in [1.29, 1.82) is 0 Å². The Morgan fingerprint density at radius 1 is 1.50 bits per heavy atom. The van der Waals surface area contributed by atoms with Crippen LogP contribution in [0.4, 0.5) is 0 Å². The number of aryl methyl sites for hydroxylation is 1. The highest BCUT2D eigenvalue weighted by Crippen LogP contribution is 2.14. The molecule has 0 spiro atoms. The van der Waals surface area contributed by atoms with Gasteiger partial charge in [0.15, 0.2) is 5.16 Å². The monoisotopic (exact) mass is 269 g/mol. The van der Waals surface area contributed by atoms with Crippen molar-refractivity contribution in [3.8, 4) is 0 Å². The quantitative estimate of drug-likeness (QED) is 0.459. The number of nitrogens with zero attached hydrogens (tertiary/aromatic N) is 2. The zero-order valence-corrected chi connectivity index (χ0v) is 11.8. The summed E-state index contributed by atoms with van der Waals surface area (Å²) in [5.74, 6) is 0.554. The number of methoxy groups -OCH3 is 1. The van der Waals surface area contributed by atoms with E-state index in [1.54, 1.807) is 24.2 Å². The van der Waals surface area contributed by atoms with E-state index in [2.05, 4.69) is 15.3 Å². The molecular formula is C12H19N3O2S. The standard InChI is InChI=1S/C12H19N3O2S/c1-4-13-10(11(16)17-3)5-6-18-12-14-7-9(2)8-15-12/h7-8,10,13H,4-6H2,1-3H3. The van der Waals surface area contributed by atoms with E-state index in [0.29, 0.717) is 6.42 Å². The Morgan fingerprint density at radius 2 is 2.17 bits per heavy atom. The molecule has 0 amide bonds. The van der Waals surface area contributed by atoms with E-state index >= 15 is 0 Å². The Bertz CT molecular complexity index is 370. The molecule has 1 aromatic heterocycles. The Labute approximate surface area is 112 Å². The lowest BCUT2D eigenvalue weighted by molar-refractivity contribution is -0.143. The third kappa shape index (κ3) is 5.01. The Balaban J connectivity index is 2.38. The molecule has 1 aromatic rings. The van der Waals surface area contributed by atoms with Crippen LogP contribution in [0.15, 0.2) is 17.6 Å². The average Bonchev–Trinajstić information content (AvgIpc) is 2.39. The van der Waals surface area contributed by atoms with Crippen LogP contribution in [0.2, 0.25) is 0 Å². The minimum atomic E-state index is -0.252. The lowest BCUT2D eigenvalue weighted by Crippen LogP contribution is -2.37. The maximum Gasteiger partial charge on any atom is 0.322 e. The summed E-state index contributed by atoms with van der Waals surface area (Å²) in [7, 11) is 1.41. The minimum absolute atomic E-state index is 0.220. The third-order valence-corrected chi connectivity index (χ3v) is 3.24. The van der Waals surface area contributed by atoms with Gasteiger partial charge in [0.05, 0.1) is 7.11 Å². The Hall–Kier alpha value is -1.14. The van der Waals surface area contributed by atoms with Crippen LogP contribution in [0.25, 0.3) is 0 Å². The number of ether oxygens (including phenoxy) is 1. The highest BCUT2D eigenvalue weighted by Gasteiger charge is 2.17. The summed E-state index contributed by atoms with van der Waals surface area (Å²) in [6.45, 7) is 4.66. The van der Waals surface area contributed by atoms with Gasteiger partial charge in [-0.1, -0.05) is 18.7 Å². The molecule has 1 heterocycles. The molecule has 1 rings (SSSR count). The summed E-state index contributed by atoms with van der Waals surface area (Å²) in [5.41, 5.74) is 1.04. The van der Waals surface area contributed by atoms with Crippen molar-refractivity contribution in [3.63, 3.8) is 0 Å². The molecule has 0 aliphatic heterocycles. The van der Waals surface area contributed by atoms with Gasteiger partial charge in [0.2, 0.25) is 0 Å². The zero-order valence-electron chi connectivity index (χ0n) is 11.0. The van der Waals surface area contributed by atoms with Gasteiger partial charge in [0, 0.05) is 18.1 Å². The van der Waals surface area contributed by atoms with Crippen molar-refractivity contribution in [2.75, 3.05) is 19.4 Å². The second-order valence-electron chi connectivity index (χ2n) is 3.81. The molecule has 0 radical (unpaired) electrons. The van der Waals surface area contributed by atoms with Crippen molar-refractivity contribution in [3.05, 3.63) is 18.0 Å². The summed E-state index contributed by atoms with van der Waals surface area (Å²) in [6, 6.07) is -0.252. The fourth-order valence-corrected chi connectivity index (χ4v) is 2.21. The molecule has 1 atom stereocenters. The van der Waals surface area contributed by atoms with Crippen LogP contribution in [0.1, 0.15) is 18.9 Å². The average molecular weight is 269 g/mol. The first-order valence-electron chi connectivity index (χ1n) is 5.90. The Kier molecular flexibility index (Phi) is 6.67. The molecule has 5 nitrogen and oxygen atoms in total. The molecule has 100 valence electrons. The summed E-state index contributed by atoms with van der Waals surface area (Å²) >= 11 is 1.54. The van der Waals surface area contributed by atoms with Gasteiger partial charge in [-0.2, -0.15) is 0 Å². The first kappa shape index (κ1) is 14.9. The Morgan fingerprint density at radius 3 is 2.72 bits per heavy atom. The number of esters is 1. The summed E-state index contributed by atoms with van der Waals surface area (Å²) in [4.78, 5) is 19.9. The number of hydrogen-bond acceptors (Lipinski definition) is 6. The van der Waals surface area contributed by atoms with Crippen molar-refractivity contribution < 1.29 is 9.53 Å². The van der Waals surface area contributed by atoms with E-state index in [1.165, 1.54) is 7.11 Å². The summed E-state index contributed by atoms with van der Waals surface area (Å²) in [5, 5.41) is 3.84. The number of nitrogens with one attached hydrogen (secondary N) is 1. The maximum atomic E-state index is 11.5. The predicted molar refractivity (Wildman–Crippen MR) is 71.6 cm³/mol. The van der Waals surface area contributed by atoms with E-state index in [4.69, 9.17) is 4.74 Å². The number of carbonyl (C=O) groups is 1. The molecule has 0 aliphatic carbocycles. The summed E-state index contributed by atoms with van der Waals surface area (Å²) in [6.07, 6.45) is 4.28. The number of likely N-dealkylation sites (N-methyl/N-ethyl adjacent to an activating group) is 1. The lowest BCUT2D eigenvalue weighted by Gasteiger charge is -2.14. The van der Waals surface area contributed by atoms with E-state index < -0.39 is 0 Å². The fourth-order valence-electron chi connectivity index (χ4n) is 1.42. The molecule has 0 aliphatic rings. The minimum Gasteiger partial charge on any atom is -0.468 e. The molecule has 1 unspecified atom stereocenters. The smallest absolute Gasteiger partial charge is 0.322 e. The van der Waals surface area contributed by atoms with Crippen molar-refractivity contribution in [2.45, 2.75) is 31.5 Å². The molecule has 18 heavy (non-hydrogen) atoms. The molecule has 0 fully saturated rings. The van der Waals surface area contributed by atoms with E-state index in [0.717, 1.165) is 23.0 Å². The molecule has 0 bridgehead atoms. The van der Waals surface area contributed by atoms with Gasteiger partial charge in [-0.05, 0) is 25.5 Å². The first-order valence-corrected chi connectivity index (χ1v) is 6.88. The second-order valence-corrected chi connectivity index (χ2v) is 4.88. The number of aromatic nitrogens is 2. The summed E-state index contributed by atoms with van der Waals surface area (Å²) < 4.78 is 4.74. The second kappa shape index (κ2) is 8.05. The highest BCUT2D eigenvalue weighted by atomic mass is 32.2. The van der Waals surface area contributed by atoms with Gasteiger partial charge in [0.1, 0.15) is 6.04 Å². The van der Waals surface area contributed by atoms with Crippen LogP contribution in [-0.4, -0.2) is 41.4 Å². The molecule has 0 aromatic carbocycles. The SMILES string of the molecule is CCNC(CCSc1ncc(C)cn1)C(=O)OC. The normalized spacial score (nSPS) is 12.2. The number of hydrogen-bond donors (Lipinski definition) is 1. The van der Waals surface area contributed by atoms with Crippen LogP contribution in [0.3, 0.4) is 0 Å². The first-order chi connectivity index (χ1) is 8.67. The van der Waals surface area contributed by atoms with Gasteiger partial charge >= 0.3 is 5.97 Å². The van der Waals surface area contributed by atoms with Crippen molar-refractivity contribution >= 4 is 17.7 Å². The van der Waals surface area contributed by atoms with Crippen molar-refractivity contribution in [2.24, 2.45) is 0 Å². The van der Waals surface area contributed by atoms with Crippen LogP contribution in [0, 0.1) is 6.92 Å². The van der Waals surface area contributed by atoms with Gasteiger partial charge in [-0.15, -0.1) is 0 Å². The van der Waals surface area contributed by atoms with Crippen LogP contribution in [-0.2, 0) is 9.53 Å². The molecule has 0 saturated carbocycles. The van der Waals surface area contributed by atoms with Crippen molar-refractivity contribution in [1.82, 2.24) is 15.3 Å². The topological polar surface area (TPSA) is 64.1 Å². The zero-order chi connectivity index (χ0) is 13.4. The van der Waals surface area contributed by atoms with E-state index in [1.807, 2.05) is 13.8 Å². The fraction of sp³-hybridized carbons (Fsp3) is 0.583. The maximum absolute atomic E-state index is 11.5. The highest BCUT2D eigenvalue weighted by molar-refractivity contribution is 7.99. The molecule has 1 N–H and O–H groups in total. The van der Waals surface area contributed by atoms with Crippen LogP contribution >= 0.6 is 11.8 Å². The number of rotatable bonds is 7. The predicted octanol–water partition coefficient (Wildman–Crippen LogP) is 1.42.